The highest BCUT2D eigenvalue weighted by molar-refractivity contribution is 5.08. The van der Waals surface area contributed by atoms with Gasteiger partial charge in [-0.2, -0.15) is 0 Å². The molecule has 0 atom stereocenters. The molecule has 0 unspecified atom stereocenters. The van der Waals surface area contributed by atoms with Crippen molar-refractivity contribution < 1.29 is 0 Å². The van der Waals surface area contributed by atoms with Crippen LogP contribution in [0.5, 0.6) is 0 Å². The fourth-order valence-electron chi connectivity index (χ4n) is 1.94. The first-order valence-corrected chi connectivity index (χ1v) is 5.08. The Balaban J connectivity index is 1.82. The van der Waals surface area contributed by atoms with Crippen LogP contribution < -0.4 is 5.32 Å². The summed E-state index contributed by atoms with van der Waals surface area (Å²) in [5.74, 6) is 0. The van der Waals surface area contributed by atoms with Crippen LogP contribution in [0.3, 0.4) is 0 Å². The van der Waals surface area contributed by atoms with Crippen LogP contribution in [-0.4, -0.2) is 16.0 Å². The second-order valence-electron chi connectivity index (χ2n) is 3.84. The van der Waals surface area contributed by atoms with Gasteiger partial charge in [-0.1, -0.05) is 12.8 Å². The first-order valence-electron chi connectivity index (χ1n) is 5.08. The maximum absolute atomic E-state index is 4.26. The third-order valence-electron chi connectivity index (χ3n) is 2.85. The van der Waals surface area contributed by atoms with Crippen molar-refractivity contribution in [2.75, 3.05) is 0 Å². The molecule has 1 aromatic heterocycles. The van der Waals surface area contributed by atoms with Crippen molar-refractivity contribution >= 4 is 0 Å². The Hall–Kier alpha value is -0.830. The van der Waals surface area contributed by atoms with E-state index in [-0.39, 0.29) is 0 Å². The van der Waals surface area contributed by atoms with Gasteiger partial charge in [-0.05, 0) is 19.8 Å². The van der Waals surface area contributed by atoms with Gasteiger partial charge in [-0.15, -0.1) is 0 Å². The summed E-state index contributed by atoms with van der Waals surface area (Å²) in [7, 11) is 0. The predicted molar refractivity (Wildman–Crippen MR) is 52.4 cm³/mol. The average molecular weight is 179 g/mol. The SMILES string of the molecule is Cc1[nH]cnc1CNC1CCCC1. The molecule has 1 aromatic rings. The van der Waals surface area contributed by atoms with Crippen LogP contribution in [0.2, 0.25) is 0 Å². The van der Waals surface area contributed by atoms with Gasteiger partial charge in [0.15, 0.2) is 0 Å². The van der Waals surface area contributed by atoms with Gasteiger partial charge >= 0.3 is 0 Å². The summed E-state index contributed by atoms with van der Waals surface area (Å²) in [6.45, 7) is 2.98. The van der Waals surface area contributed by atoms with Gasteiger partial charge in [0, 0.05) is 18.3 Å². The third kappa shape index (κ3) is 2.10. The molecule has 13 heavy (non-hydrogen) atoms. The quantitative estimate of drug-likeness (QED) is 0.742. The van der Waals surface area contributed by atoms with E-state index in [0.29, 0.717) is 0 Å². The van der Waals surface area contributed by atoms with Crippen LogP contribution in [0.15, 0.2) is 6.33 Å². The molecular formula is C10H17N3. The Labute approximate surface area is 79.0 Å². The van der Waals surface area contributed by atoms with E-state index in [1.807, 2.05) is 0 Å². The summed E-state index contributed by atoms with van der Waals surface area (Å²) in [4.78, 5) is 7.35. The van der Waals surface area contributed by atoms with Crippen LogP contribution in [0.25, 0.3) is 0 Å². The summed E-state index contributed by atoms with van der Waals surface area (Å²) < 4.78 is 0. The molecule has 72 valence electrons. The Bertz CT molecular complexity index is 261. The fraction of sp³-hybridized carbons (Fsp3) is 0.700. The zero-order valence-corrected chi connectivity index (χ0v) is 8.14. The maximum Gasteiger partial charge on any atom is 0.0925 e. The lowest BCUT2D eigenvalue weighted by Crippen LogP contribution is -2.25. The normalized spacial score (nSPS) is 18.2. The Morgan fingerprint density at radius 3 is 2.92 bits per heavy atom. The monoisotopic (exact) mass is 179 g/mol. The number of hydrogen-bond donors (Lipinski definition) is 2. The molecule has 0 radical (unpaired) electrons. The molecule has 1 fully saturated rings. The molecule has 1 aliphatic carbocycles. The first-order chi connectivity index (χ1) is 6.36. The first kappa shape index (κ1) is 8.75. The summed E-state index contributed by atoms with van der Waals surface area (Å²) in [6.07, 6.45) is 7.21. The lowest BCUT2D eigenvalue weighted by Gasteiger charge is -2.10. The number of nitrogens with zero attached hydrogens (tertiary/aromatic N) is 1. The van der Waals surface area contributed by atoms with E-state index in [1.54, 1.807) is 6.33 Å². The molecule has 1 heterocycles. The van der Waals surface area contributed by atoms with Crippen molar-refractivity contribution in [3.05, 3.63) is 17.7 Å². The van der Waals surface area contributed by atoms with E-state index >= 15 is 0 Å². The molecule has 0 saturated heterocycles. The van der Waals surface area contributed by atoms with E-state index in [0.717, 1.165) is 18.3 Å². The number of aryl methyl sites for hydroxylation is 1. The topological polar surface area (TPSA) is 40.7 Å². The number of nitrogens with one attached hydrogen (secondary N) is 2. The van der Waals surface area contributed by atoms with Crippen LogP contribution in [0.1, 0.15) is 37.1 Å². The molecule has 2 N–H and O–H groups in total. The zero-order valence-electron chi connectivity index (χ0n) is 8.14. The fourth-order valence-corrected chi connectivity index (χ4v) is 1.94. The van der Waals surface area contributed by atoms with Crippen molar-refractivity contribution in [3.8, 4) is 0 Å². The number of hydrogen-bond acceptors (Lipinski definition) is 2. The summed E-state index contributed by atoms with van der Waals surface area (Å²) in [5.41, 5.74) is 2.34. The van der Waals surface area contributed by atoms with Gasteiger partial charge in [0.1, 0.15) is 0 Å². The molecule has 1 saturated carbocycles. The van der Waals surface area contributed by atoms with Gasteiger partial charge in [0.05, 0.1) is 12.0 Å². The highest BCUT2D eigenvalue weighted by Crippen LogP contribution is 2.18. The third-order valence-corrected chi connectivity index (χ3v) is 2.85. The minimum atomic E-state index is 0.732. The van der Waals surface area contributed by atoms with Crippen molar-refractivity contribution in [2.45, 2.75) is 45.2 Å². The molecule has 0 aliphatic heterocycles. The Kier molecular flexibility index (Phi) is 2.64. The Morgan fingerprint density at radius 1 is 1.54 bits per heavy atom. The van der Waals surface area contributed by atoms with Gasteiger partial charge in [-0.25, -0.2) is 4.98 Å². The molecule has 0 aromatic carbocycles. The number of imidazole rings is 1. The van der Waals surface area contributed by atoms with Crippen LogP contribution in [0, 0.1) is 6.92 Å². The minimum absolute atomic E-state index is 0.732. The predicted octanol–water partition coefficient (Wildman–Crippen LogP) is 1.75. The molecule has 0 amide bonds. The van der Waals surface area contributed by atoms with Crippen LogP contribution in [0.4, 0.5) is 0 Å². The molecule has 0 spiro atoms. The maximum atomic E-state index is 4.26. The van der Waals surface area contributed by atoms with E-state index in [2.05, 4.69) is 22.2 Å². The number of H-pyrrole nitrogens is 1. The smallest absolute Gasteiger partial charge is 0.0925 e. The average Bonchev–Trinajstić information content (AvgIpc) is 2.72. The lowest BCUT2D eigenvalue weighted by molar-refractivity contribution is 0.519. The molecule has 0 bridgehead atoms. The largest absolute Gasteiger partial charge is 0.348 e. The van der Waals surface area contributed by atoms with Gasteiger partial charge in [0.25, 0.3) is 0 Å². The highest BCUT2D eigenvalue weighted by Gasteiger charge is 2.14. The second-order valence-corrected chi connectivity index (χ2v) is 3.84. The molecular weight excluding hydrogens is 162 g/mol. The van der Waals surface area contributed by atoms with E-state index in [1.165, 1.54) is 31.4 Å². The molecule has 3 nitrogen and oxygen atoms in total. The number of aromatic nitrogens is 2. The summed E-state index contributed by atoms with van der Waals surface area (Å²) in [6, 6.07) is 0.732. The molecule has 2 rings (SSSR count). The van der Waals surface area contributed by atoms with E-state index < -0.39 is 0 Å². The number of aromatic amines is 1. The van der Waals surface area contributed by atoms with Crippen molar-refractivity contribution in [2.24, 2.45) is 0 Å². The van der Waals surface area contributed by atoms with Crippen molar-refractivity contribution in [1.29, 1.82) is 0 Å². The molecule has 1 aliphatic rings. The minimum Gasteiger partial charge on any atom is -0.348 e. The standard InChI is InChI=1S/C10H17N3/c1-8-10(13-7-12-8)6-11-9-4-2-3-5-9/h7,9,11H,2-6H2,1H3,(H,12,13). The van der Waals surface area contributed by atoms with E-state index in [9.17, 15) is 0 Å². The van der Waals surface area contributed by atoms with Gasteiger partial charge in [-0.3, -0.25) is 0 Å². The second kappa shape index (κ2) is 3.92. The van der Waals surface area contributed by atoms with Crippen molar-refractivity contribution in [1.82, 2.24) is 15.3 Å². The summed E-state index contributed by atoms with van der Waals surface area (Å²) >= 11 is 0. The number of rotatable bonds is 3. The summed E-state index contributed by atoms with van der Waals surface area (Å²) in [5, 5.41) is 3.54. The van der Waals surface area contributed by atoms with Gasteiger partial charge < -0.3 is 10.3 Å². The molecule has 3 heteroatoms. The van der Waals surface area contributed by atoms with E-state index in [4.69, 9.17) is 0 Å². The highest BCUT2D eigenvalue weighted by atomic mass is 15.0. The van der Waals surface area contributed by atoms with Crippen molar-refractivity contribution in [3.63, 3.8) is 0 Å². The lowest BCUT2D eigenvalue weighted by atomic mass is 10.2. The van der Waals surface area contributed by atoms with Gasteiger partial charge in [0.2, 0.25) is 0 Å². The Morgan fingerprint density at radius 2 is 2.31 bits per heavy atom. The van der Waals surface area contributed by atoms with Crippen LogP contribution in [-0.2, 0) is 6.54 Å². The zero-order chi connectivity index (χ0) is 9.10. The van der Waals surface area contributed by atoms with Crippen LogP contribution >= 0.6 is 0 Å².